The number of carbonyl (C=O) groups is 2. The van der Waals surface area contributed by atoms with Gasteiger partial charge in [-0.3, -0.25) is 9.59 Å². The summed E-state index contributed by atoms with van der Waals surface area (Å²) in [5.74, 6) is 0.213. The number of halogens is 1. The Hall–Kier alpha value is -1.95. The molecule has 4 rings (SSSR count). The zero-order valence-corrected chi connectivity index (χ0v) is 18.3. The van der Waals surface area contributed by atoms with Crippen molar-refractivity contribution in [2.24, 2.45) is 5.92 Å². The van der Waals surface area contributed by atoms with Crippen molar-refractivity contribution in [1.82, 2.24) is 19.7 Å². The molecule has 0 N–H and O–H groups in total. The van der Waals surface area contributed by atoms with Crippen LogP contribution in [-0.2, 0) is 11.3 Å². The molecule has 3 heterocycles. The number of ketones is 1. The summed E-state index contributed by atoms with van der Waals surface area (Å²) in [7, 11) is 0. The number of carbonyl (C=O) groups excluding carboxylic acids is 2. The summed E-state index contributed by atoms with van der Waals surface area (Å²) >= 11 is 6.66. The number of hydrogen-bond donors (Lipinski definition) is 0. The number of likely N-dealkylation sites (tertiary alicyclic amines) is 1. The number of rotatable bonds is 4. The number of piperidine rings is 1. The Morgan fingerprint density at radius 1 is 1.21 bits per heavy atom. The molecule has 1 aliphatic carbocycles. The molecule has 2 fully saturated rings. The number of unbranched alkanes of at least 4 members (excludes halogenated alkanes) is 1. The van der Waals surface area contributed by atoms with Crippen molar-refractivity contribution in [3.63, 3.8) is 0 Å². The molecule has 1 saturated carbocycles. The van der Waals surface area contributed by atoms with Gasteiger partial charge in [0.2, 0.25) is 0 Å². The van der Waals surface area contributed by atoms with Gasteiger partial charge >= 0.3 is 0 Å². The molecule has 1 amide bonds. The van der Waals surface area contributed by atoms with Crippen molar-refractivity contribution in [3.05, 3.63) is 22.0 Å². The molecule has 0 spiro atoms. The third kappa shape index (κ3) is 3.45. The lowest BCUT2D eigenvalue weighted by atomic mass is 9.77. The maximum Gasteiger partial charge on any atom is 0.256 e. The van der Waals surface area contributed by atoms with Crippen LogP contribution in [0.5, 0.6) is 0 Å². The number of fused-ring (bicyclic) bond motifs is 2. The number of aromatic nitrogens is 3. The monoisotopic (exact) mass is 416 g/mol. The maximum atomic E-state index is 13.8. The molecule has 6 nitrogen and oxygen atoms in total. The summed E-state index contributed by atoms with van der Waals surface area (Å²) in [5.41, 5.74) is 2.66. The SMILES string of the molecule is CCCCn1nc(C)c2c(C(=O)N3CCC(=O)[C@H]4CCCC[C@H]43)c(Cl)c(C)nc21. The van der Waals surface area contributed by atoms with E-state index in [0.29, 0.717) is 35.0 Å². The van der Waals surface area contributed by atoms with Crippen LogP contribution >= 0.6 is 11.6 Å². The van der Waals surface area contributed by atoms with Gasteiger partial charge in [0, 0.05) is 31.5 Å². The minimum Gasteiger partial charge on any atom is -0.334 e. The van der Waals surface area contributed by atoms with Crippen LogP contribution in [0.4, 0.5) is 0 Å². The first-order valence-electron chi connectivity index (χ1n) is 10.8. The summed E-state index contributed by atoms with van der Waals surface area (Å²) in [6.45, 7) is 7.14. The minimum atomic E-state index is -0.0759. The molecule has 2 aliphatic rings. The van der Waals surface area contributed by atoms with E-state index in [0.717, 1.165) is 61.8 Å². The van der Waals surface area contributed by atoms with Gasteiger partial charge in [0.15, 0.2) is 5.65 Å². The average Bonchev–Trinajstić information content (AvgIpc) is 3.02. The summed E-state index contributed by atoms with van der Waals surface area (Å²) in [5, 5.41) is 5.82. The second-order valence-electron chi connectivity index (χ2n) is 8.42. The molecule has 156 valence electrons. The van der Waals surface area contributed by atoms with Gasteiger partial charge in [-0.2, -0.15) is 5.10 Å². The van der Waals surface area contributed by atoms with Crippen LogP contribution in [0.1, 0.15) is 73.6 Å². The van der Waals surface area contributed by atoms with Crippen molar-refractivity contribution in [1.29, 1.82) is 0 Å². The van der Waals surface area contributed by atoms with E-state index in [9.17, 15) is 9.59 Å². The van der Waals surface area contributed by atoms with Gasteiger partial charge in [0.1, 0.15) is 5.78 Å². The van der Waals surface area contributed by atoms with Crippen LogP contribution in [0.15, 0.2) is 0 Å². The van der Waals surface area contributed by atoms with Crippen molar-refractivity contribution < 1.29 is 9.59 Å². The summed E-state index contributed by atoms with van der Waals surface area (Å²) in [6.07, 6.45) is 6.40. The Kier molecular flexibility index (Phi) is 5.65. The topological polar surface area (TPSA) is 68.1 Å². The quantitative estimate of drug-likeness (QED) is 0.737. The molecule has 7 heteroatoms. The molecule has 1 saturated heterocycles. The number of amides is 1. The Labute approximate surface area is 176 Å². The van der Waals surface area contributed by atoms with Crippen LogP contribution in [0, 0.1) is 19.8 Å². The third-order valence-electron chi connectivity index (χ3n) is 6.50. The lowest BCUT2D eigenvalue weighted by Gasteiger charge is -2.43. The highest BCUT2D eigenvalue weighted by atomic mass is 35.5. The molecule has 2 atom stereocenters. The lowest BCUT2D eigenvalue weighted by Crippen LogP contribution is -2.53. The fraction of sp³-hybridized carbons (Fsp3) is 0.636. The highest BCUT2D eigenvalue weighted by molar-refractivity contribution is 6.36. The summed E-state index contributed by atoms with van der Waals surface area (Å²) in [6, 6.07) is -0.00692. The van der Waals surface area contributed by atoms with Crippen molar-refractivity contribution in [2.75, 3.05) is 6.54 Å². The maximum absolute atomic E-state index is 13.8. The predicted octanol–water partition coefficient (Wildman–Crippen LogP) is 4.48. The first-order valence-corrected chi connectivity index (χ1v) is 11.2. The van der Waals surface area contributed by atoms with E-state index in [4.69, 9.17) is 11.6 Å². The molecule has 0 bridgehead atoms. The van der Waals surface area contributed by atoms with Gasteiger partial charge in [-0.1, -0.05) is 37.8 Å². The van der Waals surface area contributed by atoms with E-state index in [1.165, 1.54) is 0 Å². The zero-order valence-electron chi connectivity index (χ0n) is 17.5. The van der Waals surface area contributed by atoms with Crippen LogP contribution in [0.25, 0.3) is 11.0 Å². The van der Waals surface area contributed by atoms with Crippen molar-refractivity contribution >= 4 is 34.3 Å². The third-order valence-corrected chi connectivity index (χ3v) is 6.96. The predicted molar refractivity (Wildman–Crippen MR) is 113 cm³/mol. The first kappa shape index (κ1) is 20.3. The number of pyridine rings is 1. The van der Waals surface area contributed by atoms with Crippen LogP contribution in [0.2, 0.25) is 5.02 Å². The molecular weight excluding hydrogens is 388 g/mol. The number of Topliss-reactive ketones (excluding diaryl/α,β-unsaturated/α-hetero) is 1. The van der Waals surface area contributed by atoms with Crippen LogP contribution in [0.3, 0.4) is 0 Å². The molecule has 0 aromatic carbocycles. The first-order chi connectivity index (χ1) is 13.9. The molecule has 2 aromatic rings. The second-order valence-corrected chi connectivity index (χ2v) is 8.80. The van der Waals surface area contributed by atoms with E-state index >= 15 is 0 Å². The fourth-order valence-corrected chi connectivity index (χ4v) is 5.19. The molecule has 29 heavy (non-hydrogen) atoms. The van der Waals surface area contributed by atoms with Crippen LogP contribution < -0.4 is 0 Å². The smallest absolute Gasteiger partial charge is 0.256 e. The van der Waals surface area contributed by atoms with E-state index in [1.807, 2.05) is 23.4 Å². The Balaban J connectivity index is 1.80. The van der Waals surface area contributed by atoms with E-state index in [2.05, 4.69) is 17.0 Å². The standard InChI is InChI=1S/C22H29ClN4O2/c1-4-5-11-27-21-18(13(2)25-27)19(20(23)14(3)24-21)22(29)26-12-10-17(28)15-8-6-7-9-16(15)26/h15-16H,4-12H2,1-3H3/t15-,16+/m0/s1. The van der Waals surface area contributed by atoms with Gasteiger partial charge in [0.05, 0.1) is 27.4 Å². The number of hydrogen-bond acceptors (Lipinski definition) is 4. The Bertz CT molecular complexity index is 968. The van der Waals surface area contributed by atoms with Gasteiger partial charge in [-0.15, -0.1) is 0 Å². The normalized spacial score (nSPS) is 22.2. The Morgan fingerprint density at radius 2 is 1.97 bits per heavy atom. The van der Waals surface area contributed by atoms with Gasteiger partial charge < -0.3 is 4.90 Å². The number of nitrogens with zero attached hydrogens (tertiary/aromatic N) is 4. The molecule has 1 aliphatic heterocycles. The van der Waals surface area contributed by atoms with E-state index in [1.54, 1.807) is 0 Å². The van der Waals surface area contributed by atoms with Crippen molar-refractivity contribution in [2.45, 2.75) is 78.3 Å². The highest BCUT2D eigenvalue weighted by Gasteiger charge is 2.41. The van der Waals surface area contributed by atoms with Gasteiger partial charge in [-0.25, -0.2) is 9.67 Å². The van der Waals surface area contributed by atoms with Gasteiger partial charge in [0.25, 0.3) is 5.91 Å². The van der Waals surface area contributed by atoms with Crippen LogP contribution in [-0.4, -0.2) is 43.9 Å². The number of aryl methyl sites for hydroxylation is 3. The fourth-order valence-electron chi connectivity index (χ4n) is 4.98. The minimum absolute atomic E-state index is 0.00692. The average molecular weight is 417 g/mol. The largest absolute Gasteiger partial charge is 0.334 e. The Morgan fingerprint density at radius 3 is 2.72 bits per heavy atom. The molecular formula is C22H29ClN4O2. The second kappa shape index (κ2) is 8.05. The van der Waals surface area contributed by atoms with E-state index in [-0.39, 0.29) is 17.9 Å². The van der Waals surface area contributed by atoms with Crippen molar-refractivity contribution in [3.8, 4) is 0 Å². The van der Waals surface area contributed by atoms with E-state index < -0.39 is 0 Å². The summed E-state index contributed by atoms with van der Waals surface area (Å²) < 4.78 is 1.90. The molecule has 0 unspecified atom stereocenters. The molecule has 2 aromatic heterocycles. The molecule has 0 radical (unpaired) electrons. The zero-order chi connectivity index (χ0) is 20.7. The highest BCUT2D eigenvalue weighted by Crippen LogP contribution is 2.37. The van der Waals surface area contributed by atoms with Gasteiger partial charge in [-0.05, 0) is 33.1 Å². The summed E-state index contributed by atoms with van der Waals surface area (Å²) in [4.78, 5) is 32.8. The lowest BCUT2D eigenvalue weighted by molar-refractivity contribution is -0.129.